The maximum Gasteiger partial charge on any atom is 0.0362 e. The van der Waals surface area contributed by atoms with Gasteiger partial charge in [-0.15, -0.1) is 0 Å². The summed E-state index contributed by atoms with van der Waals surface area (Å²) in [6.45, 7) is 12.6. The summed E-state index contributed by atoms with van der Waals surface area (Å²) >= 11 is 0. The molecule has 0 saturated heterocycles. The van der Waals surface area contributed by atoms with E-state index < -0.39 is 0 Å². The molecule has 1 aliphatic rings. The highest BCUT2D eigenvalue weighted by atomic mass is 15.2. The van der Waals surface area contributed by atoms with Crippen LogP contribution < -0.4 is 5.73 Å². The quantitative estimate of drug-likeness (QED) is 0.751. The van der Waals surface area contributed by atoms with Gasteiger partial charge < -0.3 is 5.73 Å². The van der Waals surface area contributed by atoms with Crippen LogP contribution in [-0.4, -0.2) is 30.1 Å². The van der Waals surface area contributed by atoms with Crippen molar-refractivity contribution in [1.29, 1.82) is 0 Å². The van der Waals surface area contributed by atoms with E-state index in [9.17, 15) is 0 Å². The van der Waals surface area contributed by atoms with Crippen molar-refractivity contribution in [2.24, 2.45) is 17.6 Å². The number of likely N-dealkylation sites (N-methyl/N-ethyl adjacent to an activating group) is 1. The first-order valence-electron chi connectivity index (χ1n) is 8.07. The van der Waals surface area contributed by atoms with Crippen LogP contribution in [0.5, 0.6) is 0 Å². The highest BCUT2D eigenvalue weighted by Crippen LogP contribution is 2.42. The molecule has 1 aliphatic carbocycles. The Bertz CT molecular complexity index is 227. The van der Waals surface area contributed by atoms with Gasteiger partial charge in [-0.1, -0.05) is 47.0 Å². The Balaban J connectivity index is 2.89. The molecule has 2 atom stereocenters. The fourth-order valence-corrected chi connectivity index (χ4v) is 4.02. The standard InChI is InChI=1S/C16H34N2/c1-5-7-12-18(6-2)16(13-17)11-9-8-10-15(16)14(3)4/h14-15H,5-13,17H2,1-4H3. The predicted molar refractivity (Wildman–Crippen MR) is 80.7 cm³/mol. The number of nitrogens with two attached hydrogens (primary N) is 1. The summed E-state index contributed by atoms with van der Waals surface area (Å²) in [6, 6.07) is 0. The molecule has 0 heterocycles. The van der Waals surface area contributed by atoms with Gasteiger partial charge in [0.2, 0.25) is 0 Å². The van der Waals surface area contributed by atoms with Crippen molar-refractivity contribution < 1.29 is 0 Å². The highest BCUT2D eigenvalue weighted by molar-refractivity contribution is 5.00. The van der Waals surface area contributed by atoms with Crippen molar-refractivity contribution in [2.45, 2.75) is 71.8 Å². The monoisotopic (exact) mass is 254 g/mol. The lowest BCUT2D eigenvalue weighted by molar-refractivity contribution is -0.0115. The van der Waals surface area contributed by atoms with E-state index in [0.717, 1.165) is 24.9 Å². The summed E-state index contributed by atoms with van der Waals surface area (Å²) in [5, 5.41) is 0. The molecule has 0 amide bonds. The second-order valence-corrected chi connectivity index (χ2v) is 6.34. The van der Waals surface area contributed by atoms with Crippen molar-refractivity contribution in [3.63, 3.8) is 0 Å². The normalized spacial score (nSPS) is 29.2. The second kappa shape index (κ2) is 7.49. The molecule has 1 fully saturated rings. The lowest BCUT2D eigenvalue weighted by Crippen LogP contribution is -2.61. The Morgan fingerprint density at radius 2 is 2.00 bits per heavy atom. The fourth-order valence-electron chi connectivity index (χ4n) is 4.02. The van der Waals surface area contributed by atoms with Crippen LogP contribution in [0.2, 0.25) is 0 Å². The summed E-state index contributed by atoms with van der Waals surface area (Å²) in [6.07, 6.45) is 8.03. The predicted octanol–water partition coefficient (Wildman–Crippen LogP) is 3.65. The molecule has 0 radical (unpaired) electrons. The molecule has 1 rings (SSSR count). The molecule has 2 unspecified atom stereocenters. The van der Waals surface area contributed by atoms with Crippen molar-refractivity contribution in [3.05, 3.63) is 0 Å². The van der Waals surface area contributed by atoms with E-state index in [1.165, 1.54) is 45.1 Å². The Morgan fingerprint density at radius 1 is 1.28 bits per heavy atom. The van der Waals surface area contributed by atoms with E-state index in [-0.39, 0.29) is 5.54 Å². The van der Waals surface area contributed by atoms with Gasteiger partial charge in [0.1, 0.15) is 0 Å². The van der Waals surface area contributed by atoms with E-state index in [1.807, 2.05) is 0 Å². The summed E-state index contributed by atoms with van der Waals surface area (Å²) in [4.78, 5) is 2.71. The zero-order chi connectivity index (χ0) is 13.6. The molecule has 0 aromatic rings. The van der Waals surface area contributed by atoms with Crippen molar-refractivity contribution in [3.8, 4) is 0 Å². The molecule has 1 saturated carbocycles. The van der Waals surface area contributed by atoms with Crippen LogP contribution in [0.4, 0.5) is 0 Å². The van der Waals surface area contributed by atoms with Crippen LogP contribution in [0.15, 0.2) is 0 Å². The highest BCUT2D eigenvalue weighted by Gasteiger charge is 2.44. The SMILES string of the molecule is CCCCN(CC)C1(CN)CCCCC1C(C)C. The smallest absolute Gasteiger partial charge is 0.0362 e. The van der Waals surface area contributed by atoms with Gasteiger partial charge in [-0.05, 0) is 44.2 Å². The summed E-state index contributed by atoms with van der Waals surface area (Å²) in [5.41, 5.74) is 6.56. The van der Waals surface area contributed by atoms with Gasteiger partial charge in [0, 0.05) is 12.1 Å². The molecule has 0 aliphatic heterocycles. The van der Waals surface area contributed by atoms with Gasteiger partial charge in [0.15, 0.2) is 0 Å². The average Bonchev–Trinajstić information content (AvgIpc) is 2.39. The van der Waals surface area contributed by atoms with Crippen LogP contribution in [0.25, 0.3) is 0 Å². The Hall–Kier alpha value is -0.0800. The number of rotatable bonds is 7. The van der Waals surface area contributed by atoms with Crippen molar-refractivity contribution in [2.75, 3.05) is 19.6 Å². The molecule has 0 bridgehead atoms. The third-order valence-electron chi connectivity index (χ3n) is 5.02. The Kier molecular flexibility index (Phi) is 6.65. The molecule has 2 N–H and O–H groups in total. The Morgan fingerprint density at radius 3 is 2.50 bits per heavy atom. The van der Waals surface area contributed by atoms with Crippen LogP contribution >= 0.6 is 0 Å². The van der Waals surface area contributed by atoms with Gasteiger partial charge in [-0.2, -0.15) is 0 Å². The van der Waals surface area contributed by atoms with Crippen LogP contribution in [0.3, 0.4) is 0 Å². The first kappa shape index (κ1) is 16.0. The number of nitrogens with zero attached hydrogens (tertiary/aromatic N) is 1. The van der Waals surface area contributed by atoms with E-state index >= 15 is 0 Å². The molecule has 2 nitrogen and oxygen atoms in total. The summed E-state index contributed by atoms with van der Waals surface area (Å²) < 4.78 is 0. The van der Waals surface area contributed by atoms with Gasteiger partial charge >= 0.3 is 0 Å². The number of unbranched alkanes of at least 4 members (excludes halogenated alkanes) is 1. The van der Waals surface area contributed by atoms with Gasteiger partial charge in [0.25, 0.3) is 0 Å². The van der Waals surface area contributed by atoms with Crippen molar-refractivity contribution in [1.82, 2.24) is 4.90 Å². The van der Waals surface area contributed by atoms with E-state index in [0.29, 0.717) is 0 Å². The lowest BCUT2D eigenvalue weighted by Gasteiger charge is -2.52. The third-order valence-corrected chi connectivity index (χ3v) is 5.02. The van der Waals surface area contributed by atoms with Gasteiger partial charge in [-0.3, -0.25) is 4.90 Å². The molecule has 0 aromatic heterocycles. The van der Waals surface area contributed by atoms with Crippen LogP contribution in [0.1, 0.15) is 66.2 Å². The Labute approximate surface area is 114 Å². The minimum Gasteiger partial charge on any atom is -0.329 e. The molecule has 2 heteroatoms. The van der Waals surface area contributed by atoms with Crippen molar-refractivity contribution >= 4 is 0 Å². The first-order valence-corrected chi connectivity index (χ1v) is 8.07. The average molecular weight is 254 g/mol. The number of hydrogen-bond donors (Lipinski definition) is 1. The molecule has 108 valence electrons. The van der Waals surface area contributed by atoms with E-state index in [2.05, 4.69) is 32.6 Å². The zero-order valence-corrected chi connectivity index (χ0v) is 13.0. The first-order chi connectivity index (χ1) is 8.62. The minimum absolute atomic E-state index is 0.288. The molecular formula is C16H34N2. The molecule has 18 heavy (non-hydrogen) atoms. The van der Waals surface area contributed by atoms with Gasteiger partial charge in [-0.25, -0.2) is 0 Å². The number of hydrogen-bond acceptors (Lipinski definition) is 2. The summed E-state index contributed by atoms with van der Waals surface area (Å²) in [5.74, 6) is 1.54. The van der Waals surface area contributed by atoms with Gasteiger partial charge in [0.05, 0.1) is 0 Å². The molecule has 0 aromatic carbocycles. The zero-order valence-electron chi connectivity index (χ0n) is 13.0. The maximum atomic E-state index is 6.27. The van der Waals surface area contributed by atoms with Crippen LogP contribution in [0, 0.1) is 11.8 Å². The summed E-state index contributed by atoms with van der Waals surface area (Å²) in [7, 11) is 0. The molecular weight excluding hydrogens is 220 g/mol. The fraction of sp³-hybridized carbons (Fsp3) is 1.00. The second-order valence-electron chi connectivity index (χ2n) is 6.34. The topological polar surface area (TPSA) is 29.3 Å². The largest absolute Gasteiger partial charge is 0.329 e. The molecule has 0 spiro atoms. The maximum absolute atomic E-state index is 6.27. The minimum atomic E-state index is 0.288. The third kappa shape index (κ3) is 3.27. The lowest BCUT2D eigenvalue weighted by atomic mass is 9.66. The van der Waals surface area contributed by atoms with Crippen LogP contribution in [-0.2, 0) is 0 Å². The van der Waals surface area contributed by atoms with E-state index in [1.54, 1.807) is 0 Å². The van der Waals surface area contributed by atoms with E-state index in [4.69, 9.17) is 5.73 Å².